The highest BCUT2D eigenvalue weighted by molar-refractivity contribution is 9.10. The molecule has 100 valence electrons. The van der Waals surface area contributed by atoms with E-state index in [0.29, 0.717) is 16.6 Å². The average Bonchev–Trinajstić information content (AvgIpc) is 2.44. The number of nitrogens with zero attached hydrogens (tertiary/aromatic N) is 1. The molecule has 0 aliphatic rings. The minimum Gasteiger partial charge on any atom is -0.305 e. The Hall–Kier alpha value is -0.970. The first-order valence-electron chi connectivity index (χ1n) is 5.92. The van der Waals surface area contributed by atoms with Crippen molar-refractivity contribution in [3.63, 3.8) is 0 Å². The number of hydrogen-bond acceptors (Lipinski definition) is 2. The van der Waals surface area contributed by atoms with Gasteiger partial charge in [-0.15, -0.1) is 0 Å². The largest absolute Gasteiger partial charge is 0.305 e. The summed E-state index contributed by atoms with van der Waals surface area (Å²) in [6.45, 7) is 2.67. The third kappa shape index (κ3) is 3.14. The van der Waals surface area contributed by atoms with E-state index >= 15 is 0 Å². The SMILES string of the molecule is CCNC(c1ccccn1)c1ccc(Br)c(Cl)c1F. The number of halogens is 3. The predicted molar refractivity (Wildman–Crippen MR) is 78.9 cm³/mol. The summed E-state index contributed by atoms with van der Waals surface area (Å²) in [5.41, 5.74) is 1.26. The number of rotatable bonds is 4. The fourth-order valence-corrected chi connectivity index (χ4v) is 2.37. The zero-order valence-corrected chi connectivity index (χ0v) is 12.7. The Balaban J connectivity index is 2.49. The summed E-state index contributed by atoms with van der Waals surface area (Å²) in [4.78, 5) is 4.28. The summed E-state index contributed by atoms with van der Waals surface area (Å²) in [7, 11) is 0. The Bertz CT molecular complexity index is 563. The second-order valence-corrected chi connectivity index (χ2v) is 5.24. The molecule has 0 saturated heterocycles. The monoisotopic (exact) mass is 342 g/mol. The van der Waals surface area contributed by atoms with E-state index in [1.807, 2.05) is 25.1 Å². The molecule has 2 aromatic rings. The summed E-state index contributed by atoms with van der Waals surface area (Å²) in [6, 6.07) is 8.73. The summed E-state index contributed by atoms with van der Waals surface area (Å²) >= 11 is 9.16. The summed E-state index contributed by atoms with van der Waals surface area (Å²) in [6.07, 6.45) is 1.69. The lowest BCUT2D eigenvalue weighted by Crippen LogP contribution is -2.24. The first-order valence-corrected chi connectivity index (χ1v) is 7.10. The van der Waals surface area contributed by atoms with Crippen LogP contribution in [0.3, 0.4) is 0 Å². The minimum atomic E-state index is -0.423. The molecule has 0 aliphatic heterocycles. The van der Waals surface area contributed by atoms with Gasteiger partial charge in [0.1, 0.15) is 5.82 Å². The van der Waals surface area contributed by atoms with Gasteiger partial charge in [0.15, 0.2) is 0 Å². The second-order valence-electron chi connectivity index (χ2n) is 4.01. The molecule has 0 fully saturated rings. The van der Waals surface area contributed by atoms with Gasteiger partial charge in [-0.3, -0.25) is 4.98 Å². The van der Waals surface area contributed by atoms with Crippen molar-refractivity contribution in [2.45, 2.75) is 13.0 Å². The molecule has 2 nitrogen and oxygen atoms in total. The smallest absolute Gasteiger partial charge is 0.148 e. The van der Waals surface area contributed by atoms with Crippen molar-refractivity contribution in [2.24, 2.45) is 0 Å². The summed E-state index contributed by atoms with van der Waals surface area (Å²) in [5, 5.41) is 3.32. The van der Waals surface area contributed by atoms with Crippen molar-refractivity contribution >= 4 is 27.5 Å². The van der Waals surface area contributed by atoms with E-state index in [0.717, 1.165) is 5.69 Å². The number of nitrogens with one attached hydrogen (secondary N) is 1. The normalized spacial score (nSPS) is 12.4. The maximum absolute atomic E-state index is 14.3. The van der Waals surface area contributed by atoms with E-state index < -0.39 is 5.82 Å². The number of benzene rings is 1. The van der Waals surface area contributed by atoms with Crippen LogP contribution in [-0.4, -0.2) is 11.5 Å². The van der Waals surface area contributed by atoms with Gasteiger partial charge < -0.3 is 5.32 Å². The van der Waals surface area contributed by atoms with Crippen molar-refractivity contribution in [3.8, 4) is 0 Å². The van der Waals surface area contributed by atoms with Gasteiger partial charge >= 0.3 is 0 Å². The number of hydrogen-bond donors (Lipinski definition) is 1. The molecule has 19 heavy (non-hydrogen) atoms. The first kappa shape index (κ1) is 14.4. The van der Waals surface area contributed by atoms with Crippen LogP contribution in [0.5, 0.6) is 0 Å². The van der Waals surface area contributed by atoms with Crippen LogP contribution in [0, 0.1) is 5.82 Å². The molecule has 0 amide bonds. The van der Waals surface area contributed by atoms with Crippen LogP contribution in [0.2, 0.25) is 5.02 Å². The Labute approximate surface area is 125 Å². The summed E-state index contributed by atoms with van der Waals surface area (Å²) in [5.74, 6) is -0.423. The highest BCUT2D eigenvalue weighted by Crippen LogP contribution is 2.32. The molecule has 1 aromatic carbocycles. The van der Waals surface area contributed by atoms with Crippen molar-refractivity contribution in [1.82, 2.24) is 10.3 Å². The fraction of sp³-hybridized carbons (Fsp3) is 0.214. The Morgan fingerprint density at radius 2 is 2.16 bits per heavy atom. The minimum absolute atomic E-state index is 0.0938. The molecule has 0 saturated carbocycles. The van der Waals surface area contributed by atoms with Crippen LogP contribution in [0.25, 0.3) is 0 Å². The number of aromatic nitrogens is 1. The summed E-state index contributed by atoms with van der Waals surface area (Å²) < 4.78 is 14.8. The fourth-order valence-electron chi connectivity index (χ4n) is 1.89. The zero-order valence-electron chi connectivity index (χ0n) is 10.3. The van der Waals surface area contributed by atoms with E-state index in [1.165, 1.54) is 0 Å². The van der Waals surface area contributed by atoms with Crippen LogP contribution in [0.1, 0.15) is 24.2 Å². The highest BCUT2D eigenvalue weighted by atomic mass is 79.9. The molecule has 5 heteroatoms. The van der Waals surface area contributed by atoms with Gasteiger partial charge in [0.25, 0.3) is 0 Å². The van der Waals surface area contributed by atoms with Gasteiger partial charge in [-0.1, -0.05) is 30.7 Å². The molecule has 0 aliphatic carbocycles. The van der Waals surface area contributed by atoms with Gasteiger partial charge in [-0.05, 0) is 40.7 Å². The van der Waals surface area contributed by atoms with Gasteiger partial charge in [0.2, 0.25) is 0 Å². The Morgan fingerprint density at radius 3 is 2.79 bits per heavy atom. The maximum Gasteiger partial charge on any atom is 0.148 e. The van der Waals surface area contributed by atoms with Crippen LogP contribution in [-0.2, 0) is 0 Å². The van der Waals surface area contributed by atoms with E-state index in [9.17, 15) is 4.39 Å². The Kier molecular flexibility index (Phi) is 4.91. The van der Waals surface area contributed by atoms with Crippen LogP contribution < -0.4 is 5.32 Å². The maximum atomic E-state index is 14.3. The van der Waals surface area contributed by atoms with E-state index in [4.69, 9.17) is 11.6 Å². The average molecular weight is 344 g/mol. The molecule has 1 aromatic heterocycles. The molecule has 1 N–H and O–H groups in total. The lowest BCUT2D eigenvalue weighted by atomic mass is 10.0. The molecule has 0 spiro atoms. The lowest BCUT2D eigenvalue weighted by Gasteiger charge is -2.19. The van der Waals surface area contributed by atoms with Crippen molar-refractivity contribution < 1.29 is 4.39 Å². The van der Waals surface area contributed by atoms with Crippen molar-refractivity contribution in [1.29, 1.82) is 0 Å². The number of pyridine rings is 1. The van der Waals surface area contributed by atoms with E-state index in [1.54, 1.807) is 18.3 Å². The van der Waals surface area contributed by atoms with Crippen LogP contribution >= 0.6 is 27.5 Å². The quantitative estimate of drug-likeness (QED) is 0.836. The van der Waals surface area contributed by atoms with Gasteiger partial charge in [0.05, 0.1) is 16.8 Å². The first-order chi connectivity index (χ1) is 9.15. The van der Waals surface area contributed by atoms with Crippen LogP contribution in [0.4, 0.5) is 4.39 Å². The van der Waals surface area contributed by atoms with E-state index in [-0.39, 0.29) is 11.1 Å². The van der Waals surface area contributed by atoms with Crippen molar-refractivity contribution in [2.75, 3.05) is 6.54 Å². The zero-order chi connectivity index (χ0) is 13.8. The predicted octanol–water partition coefficient (Wildman–Crippen LogP) is 4.34. The molecule has 1 atom stereocenters. The molecular formula is C14H13BrClFN2. The molecule has 2 rings (SSSR count). The molecule has 0 bridgehead atoms. The topological polar surface area (TPSA) is 24.9 Å². The lowest BCUT2D eigenvalue weighted by molar-refractivity contribution is 0.552. The third-order valence-electron chi connectivity index (χ3n) is 2.77. The second kappa shape index (κ2) is 6.46. The van der Waals surface area contributed by atoms with Gasteiger partial charge in [0, 0.05) is 16.2 Å². The molecule has 1 heterocycles. The van der Waals surface area contributed by atoms with Crippen LogP contribution in [0.15, 0.2) is 41.0 Å². The van der Waals surface area contributed by atoms with Crippen molar-refractivity contribution in [3.05, 3.63) is 63.1 Å². The standard InChI is InChI=1S/C14H13BrClFN2/c1-2-18-14(11-5-3-4-8-19-11)9-6-7-10(15)12(16)13(9)17/h3-8,14,18H,2H2,1H3. The van der Waals surface area contributed by atoms with E-state index in [2.05, 4.69) is 26.2 Å². The van der Waals surface area contributed by atoms with Gasteiger partial charge in [-0.2, -0.15) is 0 Å². The van der Waals surface area contributed by atoms with Gasteiger partial charge in [-0.25, -0.2) is 4.39 Å². The molecular weight excluding hydrogens is 331 g/mol. The molecule has 0 radical (unpaired) electrons. The molecule has 1 unspecified atom stereocenters. The Morgan fingerprint density at radius 1 is 1.37 bits per heavy atom. The third-order valence-corrected chi connectivity index (χ3v) is 4.03. The highest BCUT2D eigenvalue weighted by Gasteiger charge is 2.20.